The maximum absolute atomic E-state index is 15.7. The molecule has 1 aliphatic rings. The zero-order valence-electron chi connectivity index (χ0n) is 20.3. The Labute approximate surface area is 194 Å². The molecule has 8 heteroatoms. The molecule has 0 saturated carbocycles. The first-order valence-corrected chi connectivity index (χ1v) is 11.4. The summed E-state index contributed by atoms with van der Waals surface area (Å²) in [6.45, 7) is 12.1. The van der Waals surface area contributed by atoms with Gasteiger partial charge in [-0.1, -0.05) is 53.7 Å². The van der Waals surface area contributed by atoms with Crippen LogP contribution in [-0.4, -0.2) is 39.6 Å². The largest absolute Gasteiger partial charge is 0.363 e. The molecule has 6 nitrogen and oxygen atoms in total. The molecule has 2 aromatic rings. The minimum absolute atomic E-state index is 0.00600. The second-order valence-corrected chi connectivity index (χ2v) is 10.8. The quantitative estimate of drug-likeness (QED) is 0.680. The molecule has 3 rings (SSSR count). The van der Waals surface area contributed by atoms with Crippen LogP contribution in [0.2, 0.25) is 0 Å². The Bertz CT molecular complexity index is 1020. The van der Waals surface area contributed by atoms with Crippen molar-refractivity contribution < 1.29 is 18.4 Å². The van der Waals surface area contributed by atoms with E-state index in [0.717, 1.165) is 16.7 Å². The number of amides is 1. The maximum Gasteiger partial charge on any atom is 0.254 e. The number of nitrogens with one attached hydrogen (secondary N) is 1. The fourth-order valence-corrected chi connectivity index (χ4v) is 3.94. The Balaban J connectivity index is 1.92. The standard InChI is InChI=1S/C25H34F2N4O2/c1-24(2,3)22(32)30-13-7-8-17(15-30)20-19(27)21(31(29-20)23(33)25(4,5)6)28-14-16-9-11-18(26)12-10-16/h9-12,17,28H,7-8,13-15H2,1-6H3. The van der Waals surface area contributed by atoms with E-state index >= 15 is 4.39 Å². The SMILES string of the molecule is CC(C)(C)C(=O)N1CCCC(c2nn(C(=O)C(C)(C)C)c(NCc3ccc(F)cc3)c2F)C1. The van der Waals surface area contributed by atoms with Gasteiger partial charge >= 0.3 is 0 Å². The van der Waals surface area contributed by atoms with Crippen molar-refractivity contribution in [2.24, 2.45) is 10.8 Å². The van der Waals surface area contributed by atoms with E-state index < -0.39 is 16.6 Å². The first kappa shape index (κ1) is 24.9. The van der Waals surface area contributed by atoms with Gasteiger partial charge in [0.2, 0.25) is 5.91 Å². The lowest BCUT2D eigenvalue weighted by Crippen LogP contribution is -2.44. The summed E-state index contributed by atoms with van der Waals surface area (Å²) < 4.78 is 30.0. The zero-order valence-corrected chi connectivity index (χ0v) is 20.3. The molecule has 0 aliphatic carbocycles. The number of hydrogen-bond donors (Lipinski definition) is 1. The van der Waals surface area contributed by atoms with Gasteiger partial charge < -0.3 is 10.2 Å². The number of piperidine rings is 1. The van der Waals surface area contributed by atoms with Crippen LogP contribution >= 0.6 is 0 Å². The minimum Gasteiger partial charge on any atom is -0.363 e. The van der Waals surface area contributed by atoms with Gasteiger partial charge in [-0.25, -0.2) is 8.78 Å². The Morgan fingerprint density at radius 1 is 1.03 bits per heavy atom. The van der Waals surface area contributed by atoms with Crippen molar-refractivity contribution >= 4 is 17.6 Å². The van der Waals surface area contributed by atoms with E-state index in [1.807, 2.05) is 20.8 Å². The summed E-state index contributed by atoms with van der Waals surface area (Å²) in [6.07, 6.45) is 1.42. The summed E-state index contributed by atoms with van der Waals surface area (Å²) in [7, 11) is 0. The van der Waals surface area contributed by atoms with Crippen molar-refractivity contribution in [3.05, 3.63) is 47.2 Å². The average molecular weight is 461 g/mol. The van der Waals surface area contributed by atoms with Crippen molar-refractivity contribution in [2.75, 3.05) is 18.4 Å². The summed E-state index contributed by atoms with van der Waals surface area (Å²) >= 11 is 0. The molecule has 33 heavy (non-hydrogen) atoms. The predicted octanol–water partition coefficient (Wildman–Crippen LogP) is 5.21. The van der Waals surface area contributed by atoms with Crippen LogP contribution in [-0.2, 0) is 11.3 Å². The molecule has 0 spiro atoms. The number of likely N-dealkylation sites (tertiary alicyclic amines) is 1. The zero-order chi connectivity index (χ0) is 24.6. The van der Waals surface area contributed by atoms with Crippen LogP contribution in [0.15, 0.2) is 24.3 Å². The molecule has 1 atom stereocenters. The fourth-order valence-electron chi connectivity index (χ4n) is 3.94. The lowest BCUT2D eigenvalue weighted by molar-refractivity contribution is -0.140. The first-order chi connectivity index (χ1) is 15.3. The van der Waals surface area contributed by atoms with Gasteiger partial charge in [0.05, 0.1) is 0 Å². The van der Waals surface area contributed by atoms with E-state index in [-0.39, 0.29) is 41.6 Å². The van der Waals surface area contributed by atoms with Gasteiger partial charge in [0.15, 0.2) is 11.6 Å². The molecule has 1 saturated heterocycles. The molecule has 0 bridgehead atoms. The molecule has 1 unspecified atom stereocenters. The molecule has 1 fully saturated rings. The lowest BCUT2D eigenvalue weighted by atomic mass is 9.90. The summed E-state index contributed by atoms with van der Waals surface area (Å²) in [5.41, 5.74) is -0.360. The molecular formula is C25H34F2N4O2. The molecule has 2 heterocycles. The highest BCUT2D eigenvalue weighted by molar-refractivity contribution is 5.86. The Kier molecular flexibility index (Phi) is 6.96. The van der Waals surface area contributed by atoms with Gasteiger partial charge in [-0.15, -0.1) is 0 Å². The number of aromatic nitrogens is 2. The Hall–Kier alpha value is -2.77. The smallest absolute Gasteiger partial charge is 0.254 e. The van der Waals surface area contributed by atoms with Gasteiger partial charge in [-0.05, 0) is 30.5 Å². The van der Waals surface area contributed by atoms with Crippen LogP contribution in [0.5, 0.6) is 0 Å². The molecule has 1 aliphatic heterocycles. The van der Waals surface area contributed by atoms with Crippen LogP contribution in [0, 0.1) is 22.5 Å². The fraction of sp³-hybridized carbons (Fsp3) is 0.560. The van der Waals surface area contributed by atoms with E-state index in [1.165, 1.54) is 12.1 Å². The first-order valence-electron chi connectivity index (χ1n) is 11.4. The Morgan fingerprint density at radius 3 is 2.21 bits per heavy atom. The summed E-state index contributed by atoms with van der Waals surface area (Å²) in [5, 5.41) is 7.40. The normalized spacial score (nSPS) is 17.2. The van der Waals surface area contributed by atoms with Gasteiger partial charge in [-0.3, -0.25) is 9.59 Å². The third kappa shape index (κ3) is 5.60. The molecule has 0 radical (unpaired) electrons. The van der Waals surface area contributed by atoms with E-state index in [1.54, 1.807) is 37.8 Å². The second-order valence-electron chi connectivity index (χ2n) is 10.8. The van der Waals surface area contributed by atoms with Crippen LogP contribution in [0.4, 0.5) is 14.6 Å². The van der Waals surface area contributed by atoms with E-state index in [0.29, 0.717) is 19.5 Å². The van der Waals surface area contributed by atoms with E-state index in [2.05, 4.69) is 10.4 Å². The molecule has 1 N–H and O–H groups in total. The van der Waals surface area contributed by atoms with Crippen molar-refractivity contribution in [3.8, 4) is 0 Å². The monoisotopic (exact) mass is 460 g/mol. The van der Waals surface area contributed by atoms with Crippen molar-refractivity contribution in [1.82, 2.24) is 14.7 Å². The van der Waals surface area contributed by atoms with Gasteiger partial charge in [0.1, 0.15) is 11.5 Å². The van der Waals surface area contributed by atoms with Crippen LogP contribution in [0.1, 0.15) is 76.4 Å². The Morgan fingerprint density at radius 2 is 1.64 bits per heavy atom. The van der Waals surface area contributed by atoms with Crippen molar-refractivity contribution in [2.45, 2.75) is 66.8 Å². The second kappa shape index (κ2) is 9.23. The number of carbonyl (C=O) groups is 2. The number of nitrogens with zero attached hydrogens (tertiary/aromatic N) is 3. The number of anilines is 1. The number of rotatable bonds is 4. The number of carbonyl (C=O) groups excluding carboxylic acids is 2. The van der Waals surface area contributed by atoms with Crippen LogP contribution in [0.25, 0.3) is 0 Å². The lowest BCUT2D eigenvalue weighted by Gasteiger charge is -2.35. The van der Waals surface area contributed by atoms with E-state index in [9.17, 15) is 14.0 Å². The number of hydrogen-bond acceptors (Lipinski definition) is 4. The highest BCUT2D eigenvalue weighted by atomic mass is 19.1. The van der Waals surface area contributed by atoms with Gasteiger partial charge in [-0.2, -0.15) is 9.78 Å². The molecular weight excluding hydrogens is 426 g/mol. The third-order valence-corrected chi connectivity index (χ3v) is 5.80. The highest BCUT2D eigenvalue weighted by Crippen LogP contribution is 2.34. The van der Waals surface area contributed by atoms with Crippen molar-refractivity contribution in [1.29, 1.82) is 0 Å². The average Bonchev–Trinajstić information content (AvgIpc) is 3.07. The summed E-state index contributed by atoms with van der Waals surface area (Å²) in [4.78, 5) is 27.6. The maximum atomic E-state index is 15.7. The molecule has 1 aromatic heterocycles. The number of halogens is 2. The number of benzene rings is 1. The third-order valence-electron chi connectivity index (χ3n) is 5.80. The molecule has 180 valence electrons. The molecule has 1 aromatic carbocycles. The summed E-state index contributed by atoms with van der Waals surface area (Å²) in [5.74, 6) is -1.56. The summed E-state index contributed by atoms with van der Waals surface area (Å²) in [6, 6.07) is 5.87. The van der Waals surface area contributed by atoms with Crippen LogP contribution in [0.3, 0.4) is 0 Å². The van der Waals surface area contributed by atoms with E-state index in [4.69, 9.17) is 0 Å². The topological polar surface area (TPSA) is 67.2 Å². The van der Waals surface area contributed by atoms with Gasteiger partial charge in [0, 0.05) is 36.4 Å². The highest BCUT2D eigenvalue weighted by Gasteiger charge is 2.36. The molecule has 1 amide bonds. The minimum atomic E-state index is -0.775. The van der Waals surface area contributed by atoms with Gasteiger partial charge in [0.25, 0.3) is 5.91 Å². The van der Waals surface area contributed by atoms with Crippen molar-refractivity contribution in [3.63, 3.8) is 0 Å². The van der Waals surface area contributed by atoms with Crippen LogP contribution < -0.4 is 5.32 Å². The predicted molar refractivity (Wildman–Crippen MR) is 124 cm³/mol.